The summed E-state index contributed by atoms with van der Waals surface area (Å²) in [6.07, 6.45) is 0. The molecule has 122 valence electrons. The first-order chi connectivity index (χ1) is 11.6. The zero-order chi connectivity index (χ0) is 17.1. The largest absolute Gasteiger partial charge is 0.248 e. The minimum Gasteiger partial charge on any atom is -0.248 e. The Kier molecular flexibility index (Phi) is 5.72. The molecule has 0 aliphatic rings. The molecule has 5 heteroatoms. The lowest BCUT2D eigenvalue weighted by molar-refractivity contribution is 1.26. The molecule has 0 aliphatic heterocycles. The SMILES string of the molecule is CCSc1cc(-c2cccc(Cl)c2)nc(-c2ccc(Cl)cc2Cl)c1. The number of hydrogen-bond donors (Lipinski definition) is 0. The van der Waals surface area contributed by atoms with E-state index in [0.29, 0.717) is 15.1 Å². The maximum absolute atomic E-state index is 6.36. The molecule has 0 amide bonds. The predicted molar refractivity (Wildman–Crippen MR) is 107 cm³/mol. The first-order valence-electron chi connectivity index (χ1n) is 7.43. The molecule has 0 saturated heterocycles. The molecule has 0 unspecified atom stereocenters. The van der Waals surface area contributed by atoms with Gasteiger partial charge < -0.3 is 0 Å². The van der Waals surface area contributed by atoms with Crippen LogP contribution in [0, 0.1) is 0 Å². The van der Waals surface area contributed by atoms with Crippen molar-refractivity contribution in [2.75, 3.05) is 5.75 Å². The summed E-state index contributed by atoms with van der Waals surface area (Å²) in [5, 5.41) is 1.89. The minimum absolute atomic E-state index is 0.589. The average Bonchev–Trinajstić information content (AvgIpc) is 2.55. The topological polar surface area (TPSA) is 12.9 Å². The van der Waals surface area contributed by atoms with Gasteiger partial charge in [0.15, 0.2) is 0 Å². The van der Waals surface area contributed by atoms with Gasteiger partial charge in [0.1, 0.15) is 0 Å². The molecule has 0 N–H and O–H groups in total. The van der Waals surface area contributed by atoms with Crippen LogP contribution >= 0.6 is 46.6 Å². The highest BCUT2D eigenvalue weighted by Crippen LogP contribution is 2.34. The van der Waals surface area contributed by atoms with Gasteiger partial charge in [-0.15, -0.1) is 11.8 Å². The third-order valence-electron chi connectivity index (χ3n) is 3.44. The van der Waals surface area contributed by atoms with E-state index in [9.17, 15) is 0 Å². The zero-order valence-electron chi connectivity index (χ0n) is 12.9. The Morgan fingerprint density at radius 1 is 0.875 bits per heavy atom. The molecule has 3 aromatic rings. The minimum atomic E-state index is 0.589. The molecule has 0 spiro atoms. The quantitative estimate of drug-likeness (QED) is 0.425. The molecule has 0 radical (unpaired) electrons. The van der Waals surface area contributed by atoms with Gasteiger partial charge in [-0.05, 0) is 48.2 Å². The number of thioether (sulfide) groups is 1. The molecule has 1 nitrogen and oxygen atoms in total. The highest BCUT2D eigenvalue weighted by molar-refractivity contribution is 7.99. The molecule has 2 aromatic carbocycles. The number of benzene rings is 2. The van der Waals surface area contributed by atoms with Crippen LogP contribution in [-0.4, -0.2) is 10.7 Å². The number of halogens is 3. The summed E-state index contributed by atoms with van der Waals surface area (Å²) in [7, 11) is 0. The van der Waals surface area contributed by atoms with E-state index < -0.39 is 0 Å². The van der Waals surface area contributed by atoms with Gasteiger partial charge in [-0.1, -0.05) is 53.9 Å². The Morgan fingerprint density at radius 2 is 1.62 bits per heavy atom. The van der Waals surface area contributed by atoms with Gasteiger partial charge in [-0.3, -0.25) is 0 Å². The fourth-order valence-electron chi connectivity index (χ4n) is 2.39. The number of aromatic nitrogens is 1. The Balaban J connectivity index is 2.15. The van der Waals surface area contributed by atoms with Crippen molar-refractivity contribution < 1.29 is 0 Å². The Labute approximate surface area is 161 Å². The van der Waals surface area contributed by atoms with E-state index in [2.05, 4.69) is 19.1 Å². The van der Waals surface area contributed by atoms with Crippen LogP contribution in [0.2, 0.25) is 15.1 Å². The van der Waals surface area contributed by atoms with Crippen LogP contribution in [0.15, 0.2) is 59.5 Å². The van der Waals surface area contributed by atoms with Gasteiger partial charge in [0.25, 0.3) is 0 Å². The van der Waals surface area contributed by atoms with Crippen LogP contribution in [0.4, 0.5) is 0 Å². The van der Waals surface area contributed by atoms with Gasteiger partial charge >= 0.3 is 0 Å². The molecule has 0 aliphatic carbocycles. The first-order valence-corrected chi connectivity index (χ1v) is 9.55. The van der Waals surface area contributed by atoms with Crippen molar-refractivity contribution in [2.45, 2.75) is 11.8 Å². The van der Waals surface area contributed by atoms with Crippen molar-refractivity contribution in [2.24, 2.45) is 0 Å². The summed E-state index contributed by atoms with van der Waals surface area (Å²) in [6, 6.07) is 17.3. The first kappa shape index (κ1) is 17.6. The molecular weight excluding hydrogens is 381 g/mol. The van der Waals surface area contributed by atoms with E-state index in [1.807, 2.05) is 36.4 Å². The molecule has 0 atom stereocenters. The Hall–Kier alpha value is -1.19. The molecular formula is C19H14Cl3NS. The van der Waals surface area contributed by atoms with E-state index in [4.69, 9.17) is 39.8 Å². The lowest BCUT2D eigenvalue weighted by Crippen LogP contribution is -1.91. The zero-order valence-corrected chi connectivity index (χ0v) is 16.0. The second-order valence-corrected chi connectivity index (χ2v) is 7.76. The molecule has 1 heterocycles. The summed E-state index contributed by atoms with van der Waals surface area (Å²) < 4.78 is 0. The third-order valence-corrected chi connectivity index (χ3v) is 5.08. The summed E-state index contributed by atoms with van der Waals surface area (Å²) in [4.78, 5) is 5.93. The summed E-state index contributed by atoms with van der Waals surface area (Å²) in [5.41, 5.74) is 3.54. The van der Waals surface area contributed by atoms with E-state index in [1.165, 1.54) is 0 Å². The highest BCUT2D eigenvalue weighted by atomic mass is 35.5. The summed E-state index contributed by atoms with van der Waals surface area (Å²) in [5.74, 6) is 0.979. The van der Waals surface area contributed by atoms with Gasteiger partial charge in [-0.25, -0.2) is 4.98 Å². The normalized spacial score (nSPS) is 10.8. The van der Waals surface area contributed by atoms with Crippen molar-refractivity contribution in [3.63, 3.8) is 0 Å². The van der Waals surface area contributed by atoms with Gasteiger partial charge in [-0.2, -0.15) is 0 Å². The van der Waals surface area contributed by atoms with Crippen LogP contribution < -0.4 is 0 Å². The van der Waals surface area contributed by atoms with Gasteiger partial charge in [0.05, 0.1) is 16.4 Å². The number of nitrogens with zero attached hydrogens (tertiary/aromatic N) is 1. The predicted octanol–water partition coefficient (Wildman–Crippen LogP) is 7.49. The van der Waals surface area contributed by atoms with Crippen LogP contribution in [0.1, 0.15) is 6.92 Å². The van der Waals surface area contributed by atoms with E-state index in [1.54, 1.807) is 17.8 Å². The van der Waals surface area contributed by atoms with E-state index in [-0.39, 0.29) is 0 Å². The van der Waals surface area contributed by atoms with Crippen LogP contribution in [-0.2, 0) is 0 Å². The number of rotatable bonds is 4. The molecule has 24 heavy (non-hydrogen) atoms. The fraction of sp³-hybridized carbons (Fsp3) is 0.105. The average molecular weight is 395 g/mol. The molecule has 3 rings (SSSR count). The summed E-state index contributed by atoms with van der Waals surface area (Å²) >= 11 is 20.3. The van der Waals surface area contributed by atoms with E-state index >= 15 is 0 Å². The molecule has 0 fully saturated rings. The number of pyridine rings is 1. The lowest BCUT2D eigenvalue weighted by Gasteiger charge is -2.10. The second-order valence-electron chi connectivity index (χ2n) is 5.14. The van der Waals surface area contributed by atoms with Crippen molar-refractivity contribution in [3.8, 4) is 22.5 Å². The fourth-order valence-corrected chi connectivity index (χ4v) is 3.81. The Bertz CT molecular complexity index is 880. The van der Waals surface area contributed by atoms with Crippen molar-refractivity contribution in [3.05, 3.63) is 69.7 Å². The second kappa shape index (κ2) is 7.79. The van der Waals surface area contributed by atoms with Crippen LogP contribution in [0.5, 0.6) is 0 Å². The monoisotopic (exact) mass is 393 g/mol. The Morgan fingerprint density at radius 3 is 2.33 bits per heavy atom. The van der Waals surface area contributed by atoms with Crippen LogP contribution in [0.25, 0.3) is 22.5 Å². The lowest BCUT2D eigenvalue weighted by atomic mass is 10.1. The smallest absolute Gasteiger partial charge is 0.0735 e. The molecule has 1 aromatic heterocycles. The number of hydrogen-bond acceptors (Lipinski definition) is 2. The standard InChI is InChI=1S/C19H14Cl3NS/c1-2-24-15-10-18(12-4-3-5-13(20)8-12)23-19(11-15)16-7-6-14(21)9-17(16)22/h3-11H,2H2,1H3. The maximum atomic E-state index is 6.36. The molecule has 0 saturated carbocycles. The van der Waals surface area contributed by atoms with E-state index in [0.717, 1.165) is 33.2 Å². The van der Waals surface area contributed by atoms with Gasteiger partial charge in [0.2, 0.25) is 0 Å². The van der Waals surface area contributed by atoms with Crippen molar-refractivity contribution >= 4 is 46.6 Å². The van der Waals surface area contributed by atoms with Gasteiger partial charge in [0, 0.05) is 26.1 Å². The highest BCUT2D eigenvalue weighted by Gasteiger charge is 2.11. The third kappa shape index (κ3) is 4.07. The van der Waals surface area contributed by atoms with Crippen molar-refractivity contribution in [1.29, 1.82) is 0 Å². The maximum Gasteiger partial charge on any atom is 0.0735 e. The van der Waals surface area contributed by atoms with Crippen LogP contribution in [0.3, 0.4) is 0 Å². The summed E-state index contributed by atoms with van der Waals surface area (Å²) in [6.45, 7) is 2.12. The van der Waals surface area contributed by atoms with Crippen molar-refractivity contribution in [1.82, 2.24) is 4.98 Å². The molecule has 0 bridgehead atoms.